The van der Waals surface area contributed by atoms with Crippen molar-refractivity contribution in [2.45, 2.75) is 16.3 Å². The van der Waals surface area contributed by atoms with E-state index in [-0.39, 0.29) is 12.4 Å². The SMILES string of the molecule is NCc1c(F)cccc1Sc1ccccc1. The highest BCUT2D eigenvalue weighted by Gasteiger charge is 2.07. The Kier molecular flexibility index (Phi) is 3.59. The summed E-state index contributed by atoms with van der Waals surface area (Å²) in [4.78, 5) is 1.97. The number of nitrogens with two attached hydrogens (primary N) is 1. The highest BCUT2D eigenvalue weighted by Crippen LogP contribution is 2.31. The molecule has 0 atom stereocenters. The average Bonchev–Trinajstić information content (AvgIpc) is 2.31. The maximum atomic E-state index is 13.5. The minimum Gasteiger partial charge on any atom is -0.326 e. The van der Waals surface area contributed by atoms with Crippen LogP contribution in [-0.2, 0) is 6.54 Å². The van der Waals surface area contributed by atoms with E-state index in [1.807, 2.05) is 36.4 Å². The normalized spacial score (nSPS) is 10.4. The predicted octanol–water partition coefficient (Wildman–Crippen LogP) is 3.44. The van der Waals surface area contributed by atoms with E-state index in [0.29, 0.717) is 5.56 Å². The van der Waals surface area contributed by atoms with E-state index < -0.39 is 0 Å². The molecule has 0 aliphatic rings. The molecule has 0 radical (unpaired) electrons. The summed E-state index contributed by atoms with van der Waals surface area (Å²) in [5.74, 6) is -0.233. The topological polar surface area (TPSA) is 26.0 Å². The van der Waals surface area contributed by atoms with Gasteiger partial charge in [0, 0.05) is 21.9 Å². The highest BCUT2D eigenvalue weighted by atomic mass is 32.2. The van der Waals surface area contributed by atoms with E-state index in [1.165, 1.54) is 17.8 Å². The van der Waals surface area contributed by atoms with Gasteiger partial charge in [0.05, 0.1) is 0 Å². The minimum absolute atomic E-state index is 0.224. The number of rotatable bonds is 3. The zero-order valence-corrected chi connectivity index (χ0v) is 9.51. The van der Waals surface area contributed by atoms with Crippen LogP contribution in [0.25, 0.3) is 0 Å². The third-order valence-electron chi connectivity index (χ3n) is 2.25. The summed E-state index contributed by atoms with van der Waals surface area (Å²) in [6.07, 6.45) is 0. The predicted molar refractivity (Wildman–Crippen MR) is 64.9 cm³/mol. The zero-order chi connectivity index (χ0) is 11.4. The second-order valence-corrected chi connectivity index (χ2v) is 4.45. The quantitative estimate of drug-likeness (QED) is 0.878. The monoisotopic (exact) mass is 233 g/mol. The fourth-order valence-electron chi connectivity index (χ4n) is 1.45. The Balaban J connectivity index is 2.31. The molecule has 0 aliphatic heterocycles. The number of benzene rings is 2. The van der Waals surface area contributed by atoms with Gasteiger partial charge in [0.1, 0.15) is 5.82 Å². The van der Waals surface area contributed by atoms with Crippen molar-refractivity contribution < 1.29 is 4.39 Å². The molecule has 2 aromatic rings. The first-order valence-electron chi connectivity index (χ1n) is 5.01. The molecule has 0 unspecified atom stereocenters. The van der Waals surface area contributed by atoms with Crippen molar-refractivity contribution in [1.29, 1.82) is 0 Å². The fourth-order valence-corrected chi connectivity index (χ4v) is 2.45. The molecule has 0 saturated carbocycles. The largest absolute Gasteiger partial charge is 0.326 e. The molecule has 0 aromatic heterocycles. The number of halogens is 1. The van der Waals surface area contributed by atoms with Crippen molar-refractivity contribution >= 4 is 11.8 Å². The van der Waals surface area contributed by atoms with Crippen LogP contribution in [0.15, 0.2) is 58.3 Å². The van der Waals surface area contributed by atoms with Crippen molar-refractivity contribution in [2.75, 3.05) is 0 Å². The van der Waals surface area contributed by atoms with Crippen molar-refractivity contribution in [2.24, 2.45) is 5.73 Å². The van der Waals surface area contributed by atoms with Gasteiger partial charge in [-0.15, -0.1) is 0 Å². The van der Waals surface area contributed by atoms with Crippen LogP contribution in [0.4, 0.5) is 4.39 Å². The Hall–Kier alpha value is -1.32. The molecule has 0 saturated heterocycles. The molecule has 0 heterocycles. The maximum absolute atomic E-state index is 13.5. The van der Waals surface area contributed by atoms with E-state index in [2.05, 4.69) is 0 Å². The van der Waals surface area contributed by atoms with Gasteiger partial charge >= 0.3 is 0 Å². The molecule has 3 heteroatoms. The Bertz CT molecular complexity index is 471. The molecule has 0 bridgehead atoms. The zero-order valence-electron chi connectivity index (χ0n) is 8.69. The highest BCUT2D eigenvalue weighted by molar-refractivity contribution is 7.99. The first kappa shape index (κ1) is 11.2. The van der Waals surface area contributed by atoms with Crippen LogP contribution in [0.3, 0.4) is 0 Å². The summed E-state index contributed by atoms with van der Waals surface area (Å²) < 4.78 is 13.5. The van der Waals surface area contributed by atoms with Crippen LogP contribution in [0, 0.1) is 5.82 Å². The summed E-state index contributed by atoms with van der Waals surface area (Å²) >= 11 is 1.53. The second-order valence-electron chi connectivity index (χ2n) is 3.34. The van der Waals surface area contributed by atoms with Crippen LogP contribution < -0.4 is 5.73 Å². The molecule has 0 fully saturated rings. The van der Waals surface area contributed by atoms with E-state index in [4.69, 9.17) is 5.73 Å². The fraction of sp³-hybridized carbons (Fsp3) is 0.0769. The molecule has 2 rings (SSSR count). The molecule has 1 nitrogen and oxygen atoms in total. The summed E-state index contributed by atoms with van der Waals surface area (Å²) in [6.45, 7) is 0.224. The summed E-state index contributed by atoms with van der Waals surface area (Å²) in [6, 6.07) is 14.9. The van der Waals surface area contributed by atoms with Crippen LogP contribution in [0.1, 0.15) is 5.56 Å². The molecular weight excluding hydrogens is 221 g/mol. The third-order valence-corrected chi connectivity index (χ3v) is 3.36. The minimum atomic E-state index is -0.233. The van der Waals surface area contributed by atoms with Crippen molar-refractivity contribution in [3.63, 3.8) is 0 Å². The molecular formula is C13H12FNS. The van der Waals surface area contributed by atoms with Gasteiger partial charge in [-0.05, 0) is 24.3 Å². The van der Waals surface area contributed by atoms with Crippen LogP contribution in [-0.4, -0.2) is 0 Å². The molecule has 2 N–H and O–H groups in total. The molecule has 82 valence electrons. The van der Waals surface area contributed by atoms with Gasteiger partial charge < -0.3 is 5.73 Å². The van der Waals surface area contributed by atoms with Crippen molar-refractivity contribution in [3.05, 3.63) is 59.9 Å². The van der Waals surface area contributed by atoms with Gasteiger partial charge in [0.2, 0.25) is 0 Å². The van der Waals surface area contributed by atoms with Crippen LogP contribution in [0.5, 0.6) is 0 Å². The van der Waals surface area contributed by atoms with E-state index in [1.54, 1.807) is 6.07 Å². The molecule has 0 amide bonds. The summed E-state index contributed by atoms with van der Waals surface area (Å²) in [5.41, 5.74) is 6.13. The van der Waals surface area contributed by atoms with Crippen molar-refractivity contribution in [3.8, 4) is 0 Å². The Morgan fingerprint density at radius 1 is 1.00 bits per heavy atom. The van der Waals surface area contributed by atoms with Gasteiger partial charge in [-0.25, -0.2) is 4.39 Å². The summed E-state index contributed by atoms with van der Waals surface area (Å²) in [5, 5.41) is 0. The van der Waals surface area contributed by atoms with Gasteiger partial charge in [-0.3, -0.25) is 0 Å². The number of hydrogen-bond acceptors (Lipinski definition) is 2. The van der Waals surface area contributed by atoms with Crippen LogP contribution >= 0.6 is 11.8 Å². The Labute approximate surface area is 98.5 Å². The van der Waals surface area contributed by atoms with Crippen LogP contribution in [0.2, 0.25) is 0 Å². The van der Waals surface area contributed by atoms with Gasteiger partial charge in [0.25, 0.3) is 0 Å². The smallest absolute Gasteiger partial charge is 0.128 e. The lowest BCUT2D eigenvalue weighted by atomic mass is 10.2. The van der Waals surface area contributed by atoms with E-state index in [0.717, 1.165) is 9.79 Å². The Morgan fingerprint density at radius 2 is 1.75 bits per heavy atom. The second kappa shape index (κ2) is 5.14. The van der Waals surface area contributed by atoms with Gasteiger partial charge in [0.15, 0.2) is 0 Å². The molecule has 16 heavy (non-hydrogen) atoms. The van der Waals surface area contributed by atoms with E-state index in [9.17, 15) is 4.39 Å². The Morgan fingerprint density at radius 3 is 2.44 bits per heavy atom. The van der Waals surface area contributed by atoms with Gasteiger partial charge in [-0.2, -0.15) is 0 Å². The standard InChI is InChI=1S/C13H12FNS/c14-12-7-4-8-13(11(12)9-15)16-10-5-2-1-3-6-10/h1-8H,9,15H2. The van der Waals surface area contributed by atoms with E-state index >= 15 is 0 Å². The number of hydrogen-bond donors (Lipinski definition) is 1. The molecule has 0 aliphatic carbocycles. The van der Waals surface area contributed by atoms with Gasteiger partial charge in [-0.1, -0.05) is 36.0 Å². The third kappa shape index (κ3) is 2.43. The van der Waals surface area contributed by atoms with Crippen molar-refractivity contribution in [1.82, 2.24) is 0 Å². The maximum Gasteiger partial charge on any atom is 0.128 e. The summed E-state index contributed by atoms with van der Waals surface area (Å²) in [7, 11) is 0. The molecule has 2 aromatic carbocycles. The molecule has 0 spiro atoms. The first-order valence-corrected chi connectivity index (χ1v) is 5.83. The lowest BCUT2D eigenvalue weighted by Crippen LogP contribution is -2.01. The lowest BCUT2D eigenvalue weighted by molar-refractivity contribution is 0.604. The lowest BCUT2D eigenvalue weighted by Gasteiger charge is -2.07. The average molecular weight is 233 g/mol. The first-order chi connectivity index (χ1) is 7.81.